The van der Waals surface area contributed by atoms with Crippen LogP contribution >= 0.6 is 11.3 Å². The summed E-state index contributed by atoms with van der Waals surface area (Å²) in [5.41, 5.74) is 7.92. The molecule has 0 aliphatic carbocycles. The second-order valence-corrected chi connectivity index (χ2v) is 5.51. The van der Waals surface area contributed by atoms with Crippen molar-refractivity contribution in [1.29, 1.82) is 0 Å². The van der Waals surface area contributed by atoms with Gasteiger partial charge in [0, 0.05) is 22.6 Å². The molecule has 2 heterocycles. The molecule has 0 amide bonds. The molecule has 0 fully saturated rings. The molecule has 3 rings (SSSR count). The molecule has 6 nitrogen and oxygen atoms in total. The molecular weight excluding hydrogens is 290 g/mol. The molecule has 0 saturated heterocycles. The van der Waals surface area contributed by atoms with E-state index < -0.39 is 4.92 Å². The Morgan fingerprint density at radius 3 is 2.86 bits per heavy atom. The Morgan fingerprint density at radius 2 is 2.19 bits per heavy atom. The summed E-state index contributed by atoms with van der Waals surface area (Å²) in [4.78, 5) is 11.5. The number of aromatic nitrogens is 1. The molecular formula is C14H11N3O3S. The normalized spacial score (nSPS) is 10.7. The summed E-state index contributed by atoms with van der Waals surface area (Å²) in [5, 5.41) is 16.7. The van der Waals surface area contributed by atoms with Crippen molar-refractivity contribution in [2.75, 3.05) is 5.73 Å². The first-order valence-corrected chi connectivity index (χ1v) is 6.99. The Bertz CT molecular complexity index is 809. The van der Waals surface area contributed by atoms with Crippen LogP contribution in [0.25, 0.3) is 21.8 Å². The molecule has 1 aromatic carbocycles. The highest BCUT2D eigenvalue weighted by atomic mass is 32.1. The van der Waals surface area contributed by atoms with Gasteiger partial charge in [0.15, 0.2) is 11.6 Å². The number of thiophene rings is 1. The zero-order valence-corrected chi connectivity index (χ0v) is 11.9. The highest BCUT2D eigenvalue weighted by Crippen LogP contribution is 2.39. The molecule has 2 aromatic heterocycles. The van der Waals surface area contributed by atoms with Gasteiger partial charge in [0.1, 0.15) is 0 Å². The zero-order valence-electron chi connectivity index (χ0n) is 11.1. The second kappa shape index (κ2) is 5.02. The van der Waals surface area contributed by atoms with Crippen molar-refractivity contribution in [1.82, 2.24) is 5.16 Å². The molecule has 3 aromatic rings. The number of nitro groups is 1. The van der Waals surface area contributed by atoms with Gasteiger partial charge in [0.05, 0.1) is 10.5 Å². The van der Waals surface area contributed by atoms with Gasteiger partial charge in [0.2, 0.25) is 0 Å². The average molecular weight is 301 g/mol. The van der Waals surface area contributed by atoms with Gasteiger partial charge in [-0.2, -0.15) is 0 Å². The topological polar surface area (TPSA) is 95.2 Å². The fourth-order valence-electron chi connectivity index (χ4n) is 2.16. The maximum atomic E-state index is 11.0. The molecule has 21 heavy (non-hydrogen) atoms. The number of anilines is 1. The van der Waals surface area contributed by atoms with Crippen LogP contribution in [-0.2, 0) is 0 Å². The second-order valence-electron chi connectivity index (χ2n) is 4.56. The van der Waals surface area contributed by atoms with Crippen molar-refractivity contribution in [3.05, 3.63) is 51.4 Å². The lowest BCUT2D eigenvalue weighted by Gasteiger charge is -2.02. The van der Waals surface area contributed by atoms with Crippen LogP contribution in [0, 0.1) is 17.0 Å². The highest BCUT2D eigenvalue weighted by Gasteiger charge is 2.20. The van der Waals surface area contributed by atoms with Crippen molar-refractivity contribution in [2.24, 2.45) is 0 Å². The van der Waals surface area contributed by atoms with E-state index in [1.165, 1.54) is 23.5 Å². The Hall–Kier alpha value is -2.67. The number of nitrogens with zero attached hydrogens (tertiary/aromatic N) is 2. The maximum Gasteiger partial charge on any atom is 0.270 e. The summed E-state index contributed by atoms with van der Waals surface area (Å²) in [5.74, 6) is 0.721. The van der Waals surface area contributed by atoms with E-state index in [-0.39, 0.29) is 11.5 Å². The summed E-state index contributed by atoms with van der Waals surface area (Å²) < 4.78 is 5.30. The summed E-state index contributed by atoms with van der Waals surface area (Å²) in [6.45, 7) is 1.79. The minimum Gasteiger partial charge on any atom is -0.380 e. The van der Waals surface area contributed by atoms with Crippen LogP contribution in [-0.4, -0.2) is 10.1 Å². The number of non-ortho nitro benzene ring substituents is 1. The number of nitrogens with two attached hydrogens (primary N) is 1. The molecule has 7 heteroatoms. The summed E-state index contributed by atoms with van der Waals surface area (Å²) >= 11 is 1.50. The van der Waals surface area contributed by atoms with E-state index in [2.05, 4.69) is 5.16 Å². The Morgan fingerprint density at radius 1 is 1.38 bits per heavy atom. The van der Waals surface area contributed by atoms with E-state index >= 15 is 0 Å². The van der Waals surface area contributed by atoms with Gasteiger partial charge in [0.25, 0.3) is 5.69 Å². The lowest BCUT2D eigenvalue weighted by atomic mass is 10.0. The third kappa shape index (κ3) is 2.38. The minimum atomic E-state index is -0.430. The first-order chi connectivity index (χ1) is 10.1. The molecule has 0 spiro atoms. The average Bonchev–Trinajstić information content (AvgIpc) is 3.06. The van der Waals surface area contributed by atoms with Gasteiger partial charge in [-0.25, -0.2) is 0 Å². The minimum absolute atomic E-state index is 0.0112. The first kappa shape index (κ1) is 13.3. The number of hydrogen-bond donors (Lipinski definition) is 1. The van der Waals surface area contributed by atoms with Crippen LogP contribution in [0.15, 0.2) is 40.2 Å². The number of nitro benzene ring substituents is 1. The third-order valence-corrected chi connectivity index (χ3v) is 3.91. The lowest BCUT2D eigenvalue weighted by Crippen LogP contribution is -1.91. The van der Waals surface area contributed by atoms with Gasteiger partial charge in [-0.15, -0.1) is 11.3 Å². The van der Waals surface area contributed by atoms with Gasteiger partial charge in [-0.3, -0.25) is 10.1 Å². The molecule has 0 radical (unpaired) electrons. The van der Waals surface area contributed by atoms with Gasteiger partial charge in [-0.05, 0) is 30.0 Å². The standard InChI is InChI=1S/C14H11N3O3S/c1-8-5-9(7-10(6-8)17(18)19)13-12(14(15)16-20-13)11-3-2-4-21-11/h2-7H,1H3,(H2,15,16). The van der Waals surface area contributed by atoms with E-state index in [0.29, 0.717) is 16.9 Å². The van der Waals surface area contributed by atoms with Crippen molar-refractivity contribution in [2.45, 2.75) is 6.92 Å². The highest BCUT2D eigenvalue weighted by molar-refractivity contribution is 7.13. The monoisotopic (exact) mass is 301 g/mol. The number of aryl methyl sites for hydroxylation is 1. The molecule has 0 aliphatic heterocycles. The van der Waals surface area contributed by atoms with E-state index in [1.54, 1.807) is 6.92 Å². The largest absolute Gasteiger partial charge is 0.380 e. The maximum absolute atomic E-state index is 11.0. The summed E-state index contributed by atoms with van der Waals surface area (Å²) in [6, 6.07) is 8.58. The van der Waals surface area contributed by atoms with Crippen molar-refractivity contribution in [3.8, 4) is 21.8 Å². The van der Waals surface area contributed by atoms with Crippen molar-refractivity contribution >= 4 is 22.8 Å². The molecule has 2 N–H and O–H groups in total. The van der Waals surface area contributed by atoms with Crippen LogP contribution in [0.4, 0.5) is 11.5 Å². The predicted octanol–water partition coefficient (Wildman–Crippen LogP) is 3.87. The molecule has 0 unspecified atom stereocenters. The van der Waals surface area contributed by atoms with Crippen LogP contribution in [0.5, 0.6) is 0 Å². The van der Waals surface area contributed by atoms with Crippen molar-refractivity contribution < 1.29 is 9.45 Å². The molecule has 0 atom stereocenters. The van der Waals surface area contributed by atoms with Crippen LogP contribution in [0.3, 0.4) is 0 Å². The van der Waals surface area contributed by atoms with Crippen LogP contribution in [0.1, 0.15) is 5.56 Å². The number of rotatable bonds is 3. The molecule has 0 bridgehead atoms. The summed E-state index contributed by atoms with van der Waals surface area (Å²) in [6.07, 6.45) is 0. The fraction of sp³-hybridized carbons (Fsp3) is 0.0714. The number of benzene rings is 1. The Kier molecular flexibility index (Phi) is 3.19. The van der Waals surface area contributed by atoms with Crippen LogP contribution < -0.4 is 5.73 Å². The van der Waals surface area contributed by atoms with E-state index in [9.17, 15) is 10.1 Å². The Balaban J connectivity index is 2.20. The fourth-order valence-corrected chi connectivity index (χ4v) is 2.93. The molecule has 106 valence electrons. The first-order valence-electron chi connectivity index (χ1n) is 6.11. The van der Waals surface area contributed by atoms with Gasteiger partial charge < -0.3 is 10.3 Å². The summed E-state index contributed by atoms with van der Waals surface area (Å²) in [7, 11) is 0. The van der Waals surface area contributed by atoms with Gasteiger partial charge >= 0.3 is 0 Å². The Labute approximate surface area is 124 Å². The molecule has 0 saturated carbocycles. The predicted molar refractivity (Wildman–Crippen MR) is 81.1 cm³/mol. The van der Waals surface area contributed by atoms with E-state index in [4.69, 9.17) is 10.3 Å². The van der Waals surface area contributed by atoms with Crippen molar-refractivity contribution in [3.63, 3.8) is 0 Å². The SMILES string of the molecule is Cc1cc(-c2onc(N)c2-c2cccs2)cc([N+](=O)[O-])c1. The van der Waals surface area contributed by atoms with E-state index in [0.717, 1.165) is 10.4 Å². The zero-order chi connectivity index (χ0) is 15.0. The third-order valence-electron chi connectivity index (χ3n) is 3.02. The van der Waals surface area contributed by atoms with Crippen LogP contribution in [0.2, 0.25) is 0 Å². The smallest absolute Gasteiger partial charge is 0.270 e. The lowest BCUT2D eigenvalue weighted by molar-refractivity contribution is -0.384. The quantitative estimate of drug-likeness (QED) is 0.585. The molecule has 0 aliphatic rings. The number of nitrogen functional groups attached to an aromatic ring is 1. The van der Waals surface area contributed by atoms with E-state index in [1.807, 2.05) is 23.6 Å². The number of hydrogen-bond acceptors (Lipinski definition) is 6. The van der Waals surface area contributed by atoms with Gasteiger partial charge in [-0.1, -0.05) is 11.2 Å².